The van der Waals surface area contributed by atoms with E-state index in [2.05, 4.69) is 57.7 Å². The number of anilines is 2. The van der Waals surface area contributed by atoms with Gasteiger partial charge in [-0.15, -0.1) is 0 Å². The van der Waals surface area contributed by atoms with Crippen molar-refractivity contribution in [1.29, 1.82) is 0 Å². The Morgan fingerprint density at radius 3 is 2.63 bits per heavy atom. The maximum absolute atomic E-state index is 6.15. The molecule has 1 aliphatic heterocycles. The minimum Gasteiger partial charge on any atom is -0.378 e. The Morgan fingerprint density at radius 1 is 1.04 bits per heavy atom. The summed E-state index contributed by atoms with van der Waals surface area (Å²) in [5.74, 6) is 0.478. The van der Waals surface area contributed by atoms with Gasteiger partial charge in [0.05, 0.1) is 19.8 Å². The van der Waals surface area contributed by atoms with Gasteiger partial charge in [0.2, 0.25) is 0 Å². The standard InChI is InChI=1S/C22H28N4O/c23-22(25-21-7-3-5-18-4-1-2-6-20(18)21)24-16-17-8-10-19(11-9-17)26-12-14-27-15-13-26/h3,5,7-11H,1-2,4,6,12-16H2,(H3,23,24,25). The molecule has 1 saturated heterocycles. The number of aryl methyl sites for hydroxylation is 1. The van der Waals surface area contributed by atoms with Crippen molar-refractivity contribution >= 4 is 17.3 Å². The molecule has 3 N–H and O–H groups in total. The molecule has 0 atom stereocenters. The summed E-state index contributed by atoms with van der Waals surface area (Å²) in [7, 11) is 0. The van der Waals surface area contributed by atoms with E-state index in [1.165, 1.54) is 29.7 Å². The van der Waals surface area contributed by atoms with Crippen molar-refractivity contribution < 1.29 is 4.74 Å². The summed E-state index contributed by atoms with van der Waals surface area (Å²) >= 11 is 0. The molecular weight excluding hydrogens is 336 g/mol. The third-order valence-corrected chi connectivity index (χ3v) is 5.40. The van der Waals surface area contributed by atoms with Crippen LogP contribution in [-0.4, -0.2) is 32.3 Å². The molecule has 0 saturated carbocycles. The number of morpholine rings is 1. The van der Waals surface area contributed by atoms with Crippen LogP contribution in [0.15, 0.2) is 47.5 Å². The number of ether oxygens (including phenoxy) is 1. The Hall–Kier alpha value is -2.53. The van der Waals surface area contributed by atoms with Crippen LogP contribution in [0.4, 0.5) is 11.4 Å². The van der Waals surface area contributed by atoms with E-state index in [4.69, 9.17) is 10.5 Å². The molecule has 0 unspecified atom stereocenters. The van der Waals surface area contributed by atoms with Gasteiger partial charge in [-0.3, -0.25) is 0 Å². The molecule has 2 aromatic carbocycles. The van der Waals surface area contributed by atoms with Crippen molar-refractivity contribution in [1.82, 2.24) is 0 Å². The van der Waals surface area contributed by atoms with Crippen LogP contribution >= 0.6 is 0 Å². The summed E-state index contributed by atoms with van der Waals surface area (Å²) in [6, 6.07) is 15.0. The minimum atomic E-state index is 0.478. The third kappa shape index (κ3) is 4.42. The van der Waals surface area contributed by atoms with Gasteiger partial charge in [-0.1, -0.05) is 24.3 Å². The highest BCUT2D eigenvalue weighted by atomic mass is 16.5. The Kier molecular flexibility index (Phi) is 5.58. The van der Waals surface area contributed by atoms with Crippen LogP contribution in [-0.2, 0) is 24.1 Å². The number of aliphatic imine (C=N–C) groups is 1. The minimum absolute atomic E-state index is 0.478. The first-order chi connectivity index (χ1) is 13.3. The molecule has 142 valence electrons. The number of fused-ring (bicyclic) bond motifs is 1. The lowest BCUT2D eigenvalue weighted by Gasteiger charge is -2.28. The lowest BCUT2D eigenvalue weighted by Crippen LogP contribution is -2.36. The van der Waals surface area contributed by atoms with E-state index in [-0.39, 0.29) is 0 Å². The first-order valence-electron chi connectivity index (χ1n) is 9.89. The number of guanidine groups is 1. The highest BCUT2D eigenvalue weighted by Gasteiger charge is 2.13. The van der Waals surface area contributed by atoms with E-state index in [9.17, 15) is 0 Å². The second-order valence-corrected chi connectivity index (χ2v) is 7.24. The largest absolute Gasteiger partial charge is 0.378 e. The SMILES string of the molecule is NC(=NCc1ccc(N2CCOCC2)cc1)Nc1cccc2c1CCCC2. The zero-order chi connectivity index (χ0) is 18.5. The van der Waals surface area contributed by atoms with Gasteiger partial charge >= 0.3 is 0 Å². The van der Waals surface area contributed by atoms with Crippen molar-refractivity contribution in [3.63, 3.8) is 0 Å². The first-order valence-corrected chi connectivity index (χ1v) is 9.89. The fourth-order valence-corrected chi connectivity index (χ4v) is 3.89. The van der Waals surface area contributed by atoms with Gasteiger partial charge in [0.1, 0.15) is 0 Å². The van der Waals surface area contributed by atoms with Crippen molar-refractivity contribution in [2.24, 2.45) is 10.7 Å². The molecule has 4 rings (SSSR count). The van der Waals surface area contributed by atoms with E-state index in [1.54, 1.807) is 0 Å². The molecule has 1 heterocycles. The number of hydrogen-bond donors (Lipinski definition) is 2. The summed E-state index contributed by atoms with van der Waals surface area (Å²) in [5.41, 5.74) is 12.5. The van der Waals surface area contributed by atoms with E-state index in [0.717, 1.165) is 50.4 Å². The van der Waals surface area contributed by atoms with Crippen LogP contribution < -0.4 is 16.0 Å². The second kappa shape index (κ2) is 8.44. The molecule has 1 aliphatic carbocycles. The number of benzene rings is 2. The van der Waals surface area contributed by atoms with Gasteiger partial charge < -0.3 is 20.7 Å². The number of nitrogens with zero attached hydrogens (tertiary/aromatic N) is 2. The van der Waals surface area contributed by atoms with Crippen LogP contribution in [0, 0.1) is 0 Å². The van der Waals surface area contributed by atoms with Crippen LogP contribution in [0.1, 0.15) is 29.5 Å². The predicted octanol–water partition coefficient (Wildman–Crippen LogP) is 3.33. The van der Waals surface area contributed by atoms with E-state index in [1.807, 2.05) is 0 Å². The maximum atomic E-state index is 6.15. The zero-order valence-corrected chi connectivity index (χ0v) is 15.8. The quantitative estimate of drug-likeness (QED) is 0.645. The van der Waals surface area contributed by atoms with Crippen molar-refractivity contribution in [3.8, 4) is 0 Å². The highest BCUT2D eigenvalue weighted by molar-refractivity contribution is 5.93. The molecule has 0 radical (unpaired) electrons. The molecule has 2 aromatic rings. The average molecular weight is 364 g/mol. The van der Waals surface area contributed by atoms with E-state index >= 15 is 0 Å². The zero-order valence-electron chi connectivity index (χ0n) is 15.8. The number of hydrogen-bond acceptors (Lipinski definition) is 3. The van der Waals surface area contributed by atoms with Crippen LogP contribution in [0.25, 0.3) is 0 Å². The molecule has 5 heteroatoms. The van der Waals surface area contributed by atoms with E-state index < -0.39 is 0 Å². The smallest absolute Gasteiger partial charge is 0.193 e. The summed E-state index contributed by atoms with van der Waals surface area (Å²) in [5, 5.41) is 3.31. The van der Waals surface area contributed by atoms with Crippen molar-refractivity contribution in [2.75, 3.05) is 36.5 Å². The van der Waals surface area contributed by atoms with E-state index in [0.29, 0.717) is 12.5 Å². The van der Waals surface area contributed by atoms with Crippen LogP contribution in [0.3, 0.4) is 0 Å². The topological polar surface area (TPSA) is 62.9 Å². The number of rotatable bonds is 4. The fourth-order valence-electron chi connectivity index (χ4n) is 3.89. The predicted molar refractivity (Wildman–Crippen MR) is 112 cm³/mol. The first kappa shape index (κ1) is 17.9. The number of nitrogens with one attached hydrogen (secondary N) is 1. The van der Waals surface area contributed by atoms with Gasteiger partial charge in [-0.25, -0.2) is 4.99 Å². The maximum Gasteiger partial charge on any atom is 0.193 e. The lowest BCUT2D eigenvalue weighted by molar-refractivity contribution is 0.122. The lowest BCUT2D eigenvalue weighted by atomic mass is 9.90. The summed E-state index contributed by atoms with van der Waals surface area (Å²) in [6.07, 6.45) is 4.81. The second-order valence-electron chi connectivity index (χ2n) is 7.24. The molecule has 2 aliphatic rings. The summed E-state index contributed by atoms with van der Waals surface area (Å²) in [4.78, 5) is 6.88. The van der Waals surface area contributed by atoms with Gasteiger partial charge in [-0.05, 0) is 60.6 Å². The molecule has 5 nitrogen and oxygen atoms in total. The highest BCUT2D eigenvalue weighted by Crippen LogP contribution is 2.27. The molecular formula is C22H28N4O. The van der Waals surface area contributed by atoms with Crippen molar-refractivity contribution in [2.45, 2.75) is 32.2 Å². The van der Waals surface area contributed by atoms with Crippen LogP contribution in [0.2, 0.25) is 0 Å². The molecule has 1 fully saturated rings. The normalized spacial score (nSPS) is 17.5. The van der Waals surface area contributed by atoms with Crippen LogP contribution in [0.5, 0.6) is 0 Å². The third-order valence-electron chi connectivity index (χ3n) is 5.40. The fraction of sp³-hybridized carbons (Fsp3) is 0.409. The van der Waals surface area contributed by atoms with Gasteiger partial charge in [-0.2, -0.15) is 0 Å². The summed E-state index contributed by atoms with van der Waals surface area (Å²) < 4.78 is 5.41. The average Bonchev–Trinajstić information content (AvgIpc) is 2.74. The molecule has 0 spiro atoms. The Bertz CT molecular complexity index is 794. The summed E-state index contributed by atoms with van der Waals surface area (Å²) in [6.45, 7) is 4.09. The van der Waals surface area contributed by atoms with Gasteiger partial charge in [0.25, 0.3) is 0 Å². The monoisotopic (exact) mass is 364 g/mol. The molecule has 0 amide bonds. The molecule has 0 aromatic heterocycles. The van der Waals surface area contributed by atoms with Gasteiger partial charge in [0, 0.05) is 24.5 Å². The number of nitrogens with two attached hydrogens (primary N) is 1. The van der Waals surface area contributed by atoms with Crippen molar-refractivity contribution in [3.05, 3.63) is 59.2 Å². The molecule has 27 heavy (non-hydrogen) atoms. The Morgan fingerprint density at radius 2 is 1.81 bits per heavy atom. The Balaban J connectivity index is 1.38. The van der Waals surface area contributed by atoms with Gasteiger partial charge in [0.15, 0.2) is 5.96 Å². The Labute approximate surface area is 161 Å². The molecule has 0 bridgehead atoms.